The predicted octanol–water partition coefficient (Wildman–Crippen LogP) is 3.81. The number of nitrogens with one attached hydrogen (secondary N) is 1. The molecule has 1 aliphatic carbocycles. The number of amides is 2. The van der Waals surface area contributed by atoms with Crippen molar-refractivity contribution in [2.45, 2.75) is 57.4 Å². The Bertz CT molecular complexity index is 684. The summed E-state index contributed by atoms with van der Waals surface area (Å²) in [5.41, 5.74) is 6.94. The molecular weight excluding hydrogens is 350 g/mol. The average Bonchev–Trinajstić information content (AvgIpc) is 2.61. The molecule has 142 valence electrons. The number of carbonyl (C=O) groups is 2. The molecule has 1 saturated heterocycles. The minimum absolute atomic E-state index is 0.0330. The lowest BCUT2D eigenvalue weighted by atomic mass is 9.74. The van der Waals surface area contributed by atoms with E-state index in [0.717, 1.165) is 51.6 Å². The van der Waals surface area contributed by atoms with Gasteiger partial charge in [-0.15, -0.1) is 0 Å². The molecule has 0 spiro atoms. The van der Waals surface area contributed by atoms with Crippen LogP contribution >= 0.6 is 11.6 Å². The maximum atomic E-state index is 12.7. The van der Waals surface area contributed by atoms with Gasteiger partial charge in [-0.25, -0.2) is 0 Å². The van der Waals surface area contributed by atoms with Crippen molar-refractivity contribution in [2.75, 3.05) is 18.4 Å². The Morgan fingerprint density at radius 3 is 2.58 bits per heavy atom. The van der Waals surface area contributed by atoms with Crippen molar-refractivity contribution in [3.63, 3.8) is 0 Å². The van der Waals surface area contributed by atoms with Crippen LogP contribution in [-0.4, -0.2) is 35.3 Å². The summed E-state index contributed by atoms with van der Waals surface area (Å²) < 4.78 is 0. The van der Waals surface area contributed by atoms with Gasteiger partial charge in [0, 0.05) is 24.3 Å². The standard InChI is InChI=1S/C20H28ClN3O2/c1-20(22)10-4-3-7-16(20)18(25)23-14-8-9-15(17(21)13-14)19(26)24-11-5-2-6-12-24/h8-9,13,16H,2-7,10-12,22H2,1H3,(H,23,25). The van der Waals surface area contributed by atoms with E-state index >= 15 is 0 Å². The van der Waals surface area contributed by atoms with Gasteiger partial charge in [0.2, 0.25) is 5.91 Å². The minimum atomic E-state index is -0.476. The van der Waals surface area contributed by atoms with E-state index in [1.165, 1.54) is 6.42 Å². The van der Waals surface area contributed by atoms with Crippen molar-refractivity contribution < 1.29 is 9.59 Å². The first-order valence-electron chi connectivity index (χ1n) is 9.57. The van der Waals surface area contributed by atoms with Gasteiger partial charge in [0.1, 0.15) is 0 Å². The molecule has 2 atom stereocenters. The summed E-state index contributed by atoms with van der Waals surface area (Å²) in [5, 5.41) is 3.30. The molecule has 2 amide bonds. The van der Waals surface area contributed by atoms with Gasteiger partial charge in [-0.3, -0.25) is 9.59 Å². The summed E-state index contributed by atoms with van der Waals surface area (Å²) in [5.74, 6) is -0.306. The van der Waals surface area contributed by atoms with Crippen molar-refractivity contribution in [2.24, 2.45) is 11.7 Å². The van der Waals surface area contributed by atoms with Gasteiger partial charge >= 0.3 is 0 Å². The molecule has 6 heteroatoms. The first-order chi connectivity index (χ1) is 12.4. The van der Waals surface area contributed by atoms with E-state index in [1.807, 2.05) is 11.8 Å². The van der Waals surface area contributed by atoms with E-state index in [2.05, 4.69) is 5.32 Å². The maximum Gasteiger partial charge on any atom is 0.255 e. The number of nitrogens with zero attached hydrogens (tertiary/aromatic N) is 1. The van der Waals surface area contributed by atoms with E-state index < -0.39 is 5.54 Å². The molecule has 26 heavy (non-hydrogen) atoms. The zero-order valence-electron chi connectivity index (χ0n) is 15.4. The fourth-order valence-corrected chi connectivity index (χ4v) is 4.31. The highest BCUT2D eigenvalue weighted by Crippen LogP contribution is 2.33. The van der Waals surface area contributed by atoms with Crippen LogP contribution in [0, 0.1) is 5.92 Å². The highest BCUT2D eigenvalue weighted by molar-refractivity contribution is 6.34. The summed E-state index contributed by atoms with van der Waals surface area (Å²) >= 11 is 6.35. The van der Waals surface area contributed by atoms with Crippen LogP contribution in [0.1, 0.15) is 62.2 Å². The quantitative estimate of drug-likeness (QED) is 0.840. The zero-order chi connectivity index (χ0) is 18.7. The number of hydrogen-bond acceptors (Lipinski definition) is 3. The van der Waals surface area contributed by atoms with Gasteiger partial charge in [0.05, 0.1) is 16.5 Å². The summed E-state index contributed by atoms with van der Waals surface area (Å²) in [7, 11) is 0. The lowest BCUT2D eigenvalue weighted by Crippen LogP contribution is -2.51. The second kappa shape index (κ2) is 7.97. The topological polar surface area (TPSA) is 75.4 Å². The third-order valence-corrected chi connectivity index (χ3v) is 5.99. The van der Waals surface area contributed by atoms with Crippen molar-refractivity contribution in [1.29, 1.82) is 0 Å². The lowest BCUT2D eigenvalue weighted by Gasteiger charge is -2.37. The fourth-order valence-electron chi connectivity index (χ4n) is 4.05. The van der Waals surface area contributed by atoms with Crippen LogP contribution in [0.5, 0.6) is 0 Å². The van der Waals surface area contributed by atoms with Crippen LogP contribution in [-0.2, 0) is 4.79 Å². The van der Waals surface area contributed by atoms with Gasteiger partial charge in [0.25, 0.3) is 5.91 Å². The molecule has 2 unspecified atom stereocenters. The molecule has 2 fully saturated rings. The van der Waals surface area contributed by atoms with Crippen molar-refractivity contribution in [3.05, 3.63) is 28.8 Å². The van der Waals surface area contributed by atoms with Crippen LogP contribution in [0.4, 0.5) is 5.69 Å². The SMILES string of the molecule is CC1(N)CCCCC1C(=O)Nc1ccc(C(=O)N2CCCCC2)c(Cl)c1. The zero-order valence-corrected chi connectivity index (χ0v) is 16.1. The number of hydrogen-bond donors (Lipinski definition) is 2. The number of anilines is 1. The second-order valence-electron chi connectivity index (χ2n) is 7.84. The Labute approximate surface area is 160 Å². The second-order valence-corrected chi connectivity index (χ2v) is 8.25. The lowest BCUT2D eigenvalue weighted by molar-refractivity contribution is -0.122. The van der Waals surface area contributed by atoms with E-state index in [4.69, 9.17) is 17.3 Å². The van der Waals surface area contributed by atoms with Gasteiger partial charge in [-0.05, 0) is 57.2 Å². The Morgan fingerprint density at radius 1 is 1.19 bits per heavy atom. The van der Waals surface area contributed by atoms with Gasteiger partial charge < -0.3 is 16.0 Å². The predicted molar refractivity (Wildman–Crippen MR) is 104 cm³/mol. The summed E-state index contributed by atoms with van der Waals surface area (Å²) in [6.45, 7) is 3.51. The third-order valence-electron chi connectivity index (χ3n) is 5.68. The summed E-state index contributed by atoms with van der Waals surface area (Å²) in [4.78, 5) is 27.1. The van der Waals surface area contributed by atoms with Crippen LogP contribution in [0.2, 0.25) is 5.02 Å². The van der Waals surface area contributed by atoms with Crippen LogP contribution in [0.15, 0.2) is 18.2 Å². The van der Waals surface area contributed by atoms with Crippen LogP contribution in [0.25, 0.3) is 0 Å². The average molecular weight is 378 g/mol. The summed E-state index contributed by atoms with van der Waals surface area (Å²) in [6.07, 6.45) is 7.00. The molecule has 0 bridgehead atoms. The number of likely N-dealkylation sites (tertiary alicyclic amines) is 1. The Hall–Kier alpha value is -1.59. The number of piperidine rings is 1. The third kappa shape index (κ3) is 4.21. The van der Waals surface area contributed by atoms with Crippen LogP contribution < -0.4 is 11.1 Å². The molecule has 0 aromatic heterocycles. The number of rotatable bonds is 3. The van der Waals surface area contributed by atoms with Gasteiger partial charge in [-0.2, -0.15) is 0 Å². The molecule has 3 N–H and O–H groups in total. The van der Waals surface area contributed by atoms with Crippen molar-refractivity contribution in [1.82, 2.24) is 4.90 Å². The molecule has 0 radical (unpaired) electrons. The maximum absolute atomic E-state index is 12.7. The monoisotopic (exact) mass is 377 g/mol. The Balaban J connectivity index is 1.69. The first-order valence-corrected chi connectivity index (χ1v) is 9.95. The molecule has 1 aliphatic heterocycles. The smallest absolute Gasteiger partial charge is 0.255 e. The molecule has 2 aliphatic rings. The van der Waals surface area contributed by atoms with Crippen LogP contribution in [0.3, 0.4) is 0 Å². The number of benzene rings is 1. The van der Waals surface area contributed by atoms with Crippen molar-refractivity contribution >= 4 is 29.1 Å². The Kier molecular flexibility index (Phi) is 5.88. The van der Waals surface area contributed by atoms with Gasteiger partial charge in [-0.1, -0.05) is 24.4 Å². The molecule has 1 saturated carbocycles. The normalized spacial score (nSPS) is 26.4. The first kappa shape index (κ1) is 19.2. The van der Waals surface area contributed by atoms with E-state index in [0.29, 0.717) is 16.3 Å². The van der Waals surface area contributed by atoms with Crippen molar-refractivity contribution in [3.8, 4) is 0 Å². The van der Waals surface area contributed by atoms with E-state index in [-0.39, 0.29) is 17.7 Å². The van der Waals surface area contributed by atoms with E-state index in [1.54, 1.807) is 18.2 Å². The summed E-state index contributed by atoms with van der Waals surface area (Å²) in [6, 6.07) is 5.11. The number of halogens is 1. The number of nitrogens with two attached hydrogens (primary N) is 1. The molecule has 5 nitrogen and oxygen atoms in total. The molecule has 1 aromatic carbocycles. The highest BCUT2D eigenvalue weighted by atomic mass is 35.5. The molecular formula is C20H28ClN3O2. The molecule has 1 heterocycles. The largest absolute Gasteiger partial charge is 0.339 e. The fraction of sp³-hybridized carbons (Fsp3) is 0.600. The Morgan fingerprint density at radius 2 is 1.92 bits per heavy atom. The van der Waals surface area contributed by atoms with E-state index in [9.17, 15) is 9.59 Å². The number of carbonyl (C=O) groups excluding carboxylic acids is 2. The highest BCUT2D eigenvalue weighted by Gasteiger charge is 2.37. The molecule has 3 rings (SSSR count). The minimum Gasteiger partial charge on any atom is -0.339 e. The van der Waals surface area contributed by atoms with Gasteiger partial charge in [0.15, 0.2) is 0 Å². The molecule has 1 aromatic rings.